The van der Waals surface area contributed by atoms with Gasteiger partial charge in [-0.15, -0.1) is 0 Å². The van der Waals surface area contributed by atoms with Crippen LogP contribution >= 0.6 is 7.82 Å². The van der Waals surface area contributed by atoms with Gasteiger partial charge in [0.15, 0.2) is 0 Å². The van der Waals surface area contributed by atoms with Crippen LogP contribution < -0.4 is 5.32 Å². The van der Waals surface area contributed by atoms with Crippen LogP contribution in [0.25, 0.3) is 0 Å². The van der Waals surface area contributed by atoms with E-state index < -0.39 is 20.0 Å². The number of nitrogens with zero attached hydrogens (tertiary/aromatic N) is 1. The number of quaternary nitrogens is 1. The van der Waals surface area contributed by atoms with Crippen LogP contribution in [0.1, 0.15) is 296 Å². The summed E-state index contributed by atoms with van der Waals surface area (Å²) in [5.74, 6) is -0.139. The summed E-state index contributed by atoms with van der Waals surface area (Å²) in [5, 5.41) is 14.0. The number of aliphatic hydroxyl groups excluding tert-OH is 1. The molecular weight excluding hydrogens is 840 g/mol. The van der Waals surface area contributed by atoms with Gasteiger partial charge >= 0.3 is 7.82 Å². The van der Waals surface area contributed by atoms with Crippen LogP contribution in [0, 0.1) is 0 Å². The average Bonchev–Trinajstić information content (AvgIpc) is 3.28. The molecule has 3 unspecified atom stereocenters. The van der Waals surface area contributed by atoms with E-state index in [1.54, 1.807) is 0 Å². The molecule has 0 aromatic heterocycles. The van der Waals surface area contributed by atoms with Crippen molar-refractivity contribution >= 4 is 13.7 Å². The molecule has 66 heavy (non-hydrogen) atoms. The molecule has 0 spiro atoms. The summed E-state index contributed by atoms with van der Waals surface area (Å²) in [6.45, 7) is 4.93. The summed E-state index contributed by atoms with van der Waals surface area (Å²) in [7, 11) is 1.63. The van der Waals surface area contributed by atoms with Gasteiger partial charge in [0, 0.05) is 6.42 Å². The first-order valence-electron chi connectivity index (χ1n) is 29.1. The standard InChI is InChI=1S/C57H115N2O6P/c1-6-8-10-12-14-16-18-20-22-23-24-25-26-27-28-29-30-31-32-33-34-35-36-37-39-41-43-45-47-49-51-57(61)58-55(54-65-66(62,63)64-53-52-59(3,4)5)56(60)50-48-46-44-42-40-38-21-19-17-15-13-11-9-7-2/h27-28,55-56,60H,6-26,29-54H2,1-5H3,(H-,58,61,62,63)/p+1/b28-27-. The van der Waals surface area contributed by atoms with Crippen molar-refractivity contribution in [1.29, 1.82) is 0 Å². The highest BCUT2D eigenvalue weighted by Gasteiger charge is 2.28. The van der Waals surface area contributed by atoms with E-state index in [1.165, 1.54) is 231 Å². The molecule has 3 atom stereocenters. The van der Waals surface area contributed by atoms with Gasteiger partial charge in [-0.3, -0.25) is 13.8 Å². The zero-order valence-electron chi connectivity index (χ0n) is 45.0. The lowest BCUT2D eigenvalue weighted by atomic mass is 10.0. The third-order valence-electron chi connectivity index (χ3n) is 13.5. The van der Waals surface area contributed by atoms with E-state index in [0.29, 0.717) is 23.9 Å². The minimum atomic E-state index is -4.32. The van der Waals surface area contributed by atoms with Crippen LogP contribution in [0.15, 0.2) is 12.2 Å². The maximum Gasteiger partial charge on any atom is 0.472 e. The van der Waals surface area contributed by atoms with Crippen molar-refractivity contribution in [3.63, 3.8) is 0 Å². The number of allylic oxidation sites excluding steroid dienone is 2. The molecule has 0 aromatic rings. The maximum atomic E-state index is 13.0. The minimum absolute atomic E-state index is 0.0774. The summed E-state index contributed by atoms with van der Waals surface area (Å²) >= 11 is 0. The van der Waals surface area contributed by atoms with E-state index in [4.69, 9.17) is 9.05 Å². The fraction of sp³-hybridized carbons (Fsp3) is 0.947. The SMILES string of the molecule is CCCCCCCCCCCCCC/C=C\CCCCCCCCCCCCCCCCC(=O)NC(COP(=O)(O)OCC[N+](C)(C)C)C(O)CCCCCCCCCCCCCCCC. The highest BCUT2D eigenvalue weighted by Crippen LogP contribution is 2.43. The second-order valence-electron chi connectivity index (χ2n) is 21.4. The minimum Gasteiger partial charge on any atom is -0.391 e. The molecule has 0 radical (unpaired) electrons. The Labute approximate surface area is 412 Å². The maximum absolute atomic E-state index is 13.0. The van der Waals surface area contributed by atoms with E-state index in [1.807, 2.05) is 21.1 Å². The second kappa shape index (κ2) is 49.2. The summed E-state index contributed by atoms with van der Waals surface area (Å²) in [6.07, 6.45) is 59.9. The fourth-order valence-electron chi connectivity index (χ4n) is 8.93. The number of carbonyl (C=O) groups excluding carboxylic acids is 1. The predicted octanol–water partition coefficient (Wildman–Crippen LogP) is 17.4. The number of likely N-dealkylation sites (N-methyl/N-ethyl adjacent to an activating group) is 1. The summed E-state index contributed by atoms with van der Waals surface area (Å²) < 4.78 is 23.7. The third-order valence-corrected chi connectivity index (χ3v) is 14.5. The molecule has 0 aromatic carbocycles. The van der Waals surface area contributed by atoms with Crippen LogP contribution in [-0.4, -0.2) is 73.4 Å². The number of phosphoric acid groups is 1. The number of phosphoric ester groups is 1. The van der Waals surface area contributed by atoms with E-state index >= 15 is 0 Å². The molecule has 0 aliphatic carbocycles. The molecule has 0 saturated heterocycles. The van der Waals surface area contributed by atoms with Crippen molar-refractivity contribution in [3.05, 3.63) is 12.2 Å². The first-order valence-corrected chi connectivity index (χ1v) is 30.5. The van der Waals surface area contributed by atoms with Crippen molar-refractivity contribution in [3.8, 4) is 0 Å². The topological polar surface area (TPSA) is 105 Å². The first-order chi connectivity index (χ1) is 32.0. The largest absolute Gasteiger partial charge is 0.472 e. The number of aliphatic hydroxyl groups is 1. The lowest BCUT2D eigenvalue weighted by Crippen LogP contribution is -2.46. The number of carbonyl (C=O) groups is 1. The molecule has 9 heteroatoms. The second-order valence-corrected chi connectivity index (χ2v) is 22.8. The Morgan fingerprint density at radius 1 is 0.500 bits per heavy atom. The number of rotatable bonds is 54. The summed E-state index contributed by atoms with van der Waals surface area (Å²) in [4.78, 5) is 23.3. The van der Waals surface area contributed by atoms with Gasteiger partial charge in [0.1, 0.15) is 13.2 Å². The van der Waals surface area contributed by atoms with Crippen molar-refractivity contribution < 1.29 is 32.9 Å². The van der Waals surface area contributed by atoms with E-state index in [9.17, 15) is 19.4 Å². The summed E-state index contributed by atoms with van der Waals surface area (Å²) in [5.41, 5.74) is 0. The number of hydrogen-bond acceptors (Lipinski definition) is 5. The van der Waals surface area contributed by atoms with Crippen molar-refractivity contribution in [2.45, 2.75) is 309 Å². The number of nitrogens with one attached hydrogen (secondary N) is 1. The highest BCUT2D eigenvalue weighted by atomic mass is 31.2. The summed E-state index contributed by atoms with van der Waals surface area (Å²) in [6, 6.07) is -0.757. The Bertz CT molecular complexity index is 1080. The molecule has 0 aliphatic heterocycles. The van der Waals surface area contributed by atoms with Gasteiger partial charge in [0.25, 0.3) is 0 Å². The molecular formula is C57H116N2O6P+. The molecule has 0 heterocycles. The highest BCUT2D eigenvalue weighted by molar-refractivity contribution is 7.47. The molecule has 0 rings (SSSR count). The molecule has 394 valence electrons. The van der Waals surface area contributed by atoms with Gasteiger partial charge < -0.3 is 19.8 Å². The van der Waals surface area contributed by atoms with Crippen LogP contribution in [0.2, 0.25) is 0 Å². The zero-order chi connectivity index (χ0) is 48.5. The van der Waals surface area contributed by atoms with E-state index in [-0.39, 0.29) is 19.1 Å². The van der Waals surface area contributed by atoms with Gasteiger partial charge in [0.2, 0.25) is 5.91 Å². The lowest BCUT2D eigenvalue weighted by Gasteiger charge is -2.26. The molecule has 1 amide bonds. The smallest absolute Gasteiger partial charge is 0.391 e. The average molecular weight is 957 g/mol. The van der Waals surface area contributed by atoms with Gasteiger partial charge in [-0.25, -0.2) is 4.57 Å². The zero-order valence-corrected chi connectivity index (χ0v) is 45.9. The number of amides is 1. The molecule has 0 bridgehead atoms. The van der Waals surface area contributed by atoms with E-state index in [2.05, 4.69) is 31.3 Å². The quantitative estimate of drug-likeness (QED) is 0.0243. The normalized spacial score (nSPS) is 14.0. The van der Waals surface area contributed by atoms with Crippen LogP contribution in [0.4, 0.5) is 0 Å². The Morgan fingerprint density at radius 3 is 1.17 bits per heavy atom. The van der Waals surface area contributed by atoms with Gasteiger partial charge in [-0.1, -0.05) is 264 Å². The Kier molecular flexibility index (Phi) is 48.7. The predicted molar refractivity (Wildman–Crippen MR) is 286 cm³/mol. The van der Waals surface area contributed by atoms with Gasteiger partial charge in [-0.2, -0.15) is 0 Å². The molecule has 0 fully saturated rings. The van der Waals surface area contributed by atoms with Crippen LogP contribution in [0.5, 0.6) is 0 Å². The Balaban J connectivity index is 4.02. The number of unbranched alkanes of at least 4 members (excludes halogenated alkanes) is 39. The lowest BCUT2D eigenvalue weighted by molar-refractivity contribution is -0.870. The molecule has 0 aliphatic rings. The van der Waals surface area contributed by atoms with Crippen molar-refractivity contribution in [2.75, 3.05) is 40.9 Å². The van der Waals surface area contributed by atoms with Crippen LogP contribution in [0.3, 0.4) is 0 Å². The molecule has 3 N–H and O–H groups in total. The third kappa shape index (κ3) is 51.1. The van der Waals surface area contributed by atoms with Crippen LogP contribution in [-0.2, 0) is 18.4 Å². The fourth-order valence-corrected chi connectivity index (χ4v) is 9.66. The first kappa shape index (κ1) is 65.2. The number of hydrogen-bond donors (Lipinski definition) is 3. The van der Waals surface area contributed by atoms with Gasteiger partial charge in [0.05, 0.1) is 39.9 Å². The Hall–Kier alpha value is -0.760. The Morgan fingerprint density at radius 2 is 0.818 bits per heavy atom. The van der Waals surface area contributed by atoms with Crippen molar-refractivity contribution in [2.24, 2.45) is 0 Å². The van der Waals surface area contributed by atoms with Gasteiger partial charge in [-0.05, 0) is 38.5 Å². The van der Waals surface area contributed by atoms with Crippen molar-refractivity contribution in [1.82, 2.24) is 5.32 Å². The van der Waals surface area contributed by atoms with E-state index in [0.717, 1.165) is 38.5 Å². The molecule has 0 saturated carbocycles. The molecule has 8 nitrogen and oxygen atoms in total. The monoisotopic (exact) mass is 956 g/mol.